The van der Waals surface area contributed by atoms with E-state index < -0.39 is 122 Å². The average molecular weight is 1090 g/mol. The molecule has 1 aromatic carbocycles. The predicted molar refractivity (Wildman–Crippen MR) is 292 cm³/mol. The molecule has 19 heteroatoms. The molecular formula is C57H95N5O13Si. The molecule has 11 atom stereocenters. The third-order valence-electron chi connectivity index (χ3n) is 15.6. The Kier molecular flexibility index (Phi) is 23.4. The van der Waals surface area contributed by atoms with E-state index in [-0.39, 0.29) is 67.6 Å². The number of benzene rings is 1. The van der Waals surface area contributed by atoms with E-state index in [2.05, 4.69) is 57.5 Å². The minimum absolute atomic E-state index is 0.0397. The van der Waals surface area contributed by atoms with Crippen LogP contribution in [0.4, 0.5) is 4.79 Å². The van der Waals surface area contributed by atoms with Crippen molar-refractivity contribution in [3.05, 3.63) is 35.4 Å². The largest absolute Gasteiger partial charge is 0.459 e. The number of alkyl carbamates (subject to hydrolysis) is 1. The average Bonchev–Trinajstić information content (AvgIpc) is 3.83. The molecule has 5 amide bonds. The van der Waals surface area contributed by atoms with E-state index in [1.54, 1.807) is 27.7 Å². The molecule has 76 heavy (non-hydrogen) atoms. The lowest BCUT2D eigenvalue weighted by molar-refractivity contribution is -0.182. The summed E-state index contributed by atoms with van der Waals surface area (Å²) in [6.07, 6.45) is -3.95. The van der Waals surface area contributed by atoms with Gasteiger partial charge in [0.15, 0.2) is 0 Å². The maximum absolute atomic E-state index is 15.2. The first kappa shape index (κ1) is 63.9. The van der Waals surface area contributed by atoms with Crippen molar-refractivity contribution in [3.63, 3.8) is 0 Å². The van der Waals surface area contributed by atoms with Crippen LogP contribution in [0.1, 0.15) is 161 Å². The molecule has 2 saturated heterocycles. The van der Waals surface area contributed by atoms with Crippen LogP contribution in [0.5, 0.6) is 0 Å². The number of rotatable bonds is 14. The van der Waals surface area contributed by atoms with Gasteiger partial charge in [0.2, 0.25) is 31.9 Å². The Morgan fingerprint density at radius 3 is 1.99 bits per heavy atom. The lowest BCUT2D eigenvalue weighted by atomic mass is 9.90. The van der Waals surface area contributed by atoms with E-state index in [0.717, 1.165) is 11.1 Å². The minimum atomic E-state index is -2.86. The highest BCUT2D eigenvalue weighted by Crippen LogP contribution is 2.44. The summed E-state index contributed by atoms with van der Waals surface area (Å²) >= 11 is 0. The van der Waals surface area contributed by atoms with Gasteiger partial charge in [-0.2, -0.15) is 0 Å². The van der Waals surface area contributed by atoms with Gasteiger partial charge in [-0.1, -0.05) is 121 Å². The number of carbonyl (C=O) groups is 7. The molecule has 3 aliphatic rings. The van der Waals surface area contributed by atoms with Crippen molar-refractivity contribution in [2.45, 2.75) is 240 Å². The SMILES string of the molecule is CC[C@H](C)[C@H]1NC(=O)[C@@H](NC(=O)OC(C)(C)C)[C@@H](C)OC(=O)[C@@H]2Cc3ccccc3CN2C(=O)[C@@H]2CCCN2C(=O)[C@H](CC(C)C)NC(=O)[C@@H](C)[C@H](OCOC)[C@H](C(C)C)OC(=O)C[C@@H]1O[Si](C(C)C)(C(C)C)C(C)C. The molecule has 0 bridgehead atoms. The topological polar surface area (TPSA) is 217 Å². The Morgan fingerprint density at radius 2 is 1.43 bits per heavy atom. The number of ether oxygens (including phenoxy) is 5. The zero-order chi connectivity index (χ0) is 57.1. The first-order valence-corrected chi connectivity index (χ1v) is 30.1. The fourth-order valence-corrected chi connectivity index (χ4v) is 17.2. The highest BCUT2D eigenvalue weighted by molar-refractivity contribution is 6.77. The highest BCUT2D eigenvalue weighted by Gasteiger charge is 2.51. The van der Waals surface area contributed by atoms with Crippen molar-refractivity contribution in [3.8, 4) is 0 Å². The van der Waals surface area contributed by atoms with Gasteiger partial charge in [0.1, 0.15) is 54.9 Å². The zero-order valence-electron chi connectivity index (χ0n) is 49.1. The summed E-state index contributed by atoms with van der Waals surface area (Å²) in [5, 5.41) is 8.90. The van der Waals surface area contributed by atoms with Crippen LogP contribution < -0.4 is 16.0 Å². The lowest BCUT2D eigenvalue weighted by Gasteiger charge is -2.47. The molecule has 3 N–H and O–H groups in total. The quantitative estimate of drug-likeness (QED) is 0.0698. The van der Waals surface area contributed by atoms with Gasteiger partial charge in [-0.25, -0.2) is 9.59 Å². The van der Waals surface area contributed by atoms with Crippen molar-refractivity contribution in [1.29, 1.82) is 0 Å². The minimum Gasteiger partial charge on any atom is -0.459 e. The molecule has 0 spiro atoms. The standard InChI is InChI=1S/C57H95N5O13Si/c1-19-37(12)47-45(75-76(34(6)7,35(8)9)36(10)11)29-46(63)73-49(33(4)5)50(71-31-70-18)38(13)51(64)58-42(27-32(2)3)53(66)61-26-22-25-43(61)54(67)62-30-41-24-21-20-23-40(41)28-44(62)55(68)72-39(14)48(52(65)59-47)60-56(69)74-57(15,16)17/h20-21,23-24,32-39,42-45,47-50H,19,22,25-31H2,1-18H3,(H,58,64)(H,59,65)(H,60,69)/t37-,38-,39+,42-,43-,44-,45-,47+,48-,49-,50-/m0/s1. The predicted octanol–water partition coefficient (Wildman–Crippen LogP) is 7.98. The van der Waals surface area contributed by atoms with Crippen molar-refractivity contribution < 1.29 is 61.7 Å². The second kappa shape index (κ2) is 27.8. The van der Waals surface area contributed by atoms with E-state index in [9.17, 15) is 24.0 Å². The summed E-state index contributed by atoms with van der Waals surface area (Å²) in [6.45, 7) is 32.5. The molecule has 0 radical (unpaired) electrons. The number of nitrogens with one attached hydrogen (secondary N) is 3. The van der Waals surface area contributed by atoms with Gasteiger partial charge in [0.25, 0.3) is 0 Å². The summed E-state index contributed by atoms with van der Waals surface area (Å²) in [5.41, 5.74) is 0.866. The van der Waals surface area contributed by atoms with Crippen LogP contribution >= 0.6 is 0 Å². The maximum Gasteiger partial charge on any atom is 0.408 e. The molecular weight excluding hydrogens is 991 g/mol. The van der Waals surface area contributed by atoms with Gasteiger partial charge >= 0.3 is 18.0 Å². The number of fused-ring (bicyclic) bond motifs is 3. The second-order valence-electron chi connectivity index (χ2n) is 24.2. The van der Waals surface area contributed by atoms with Gasteiger partial charge in [0, 0.05) is 26.6 Å². The van der Waals surface area contributed by atoms with Crippen LogP contribution in [0.15, 0.2) is 24.3 Å². The van der Waals surface area contributed by atoms with Crippen LogP contribution in [-0.2, 0) is 69.8 Å². The molecule has 2 fully saturated rings. The molecule has 0 aromatic heterocycles. The number of amides is 5. The number of cyclic esters (lactones) is 2. The Balaban J connectivity index is 2.00. The lowest BCUT2D eigenvalue weighted by Crippen LogP contribution is -2.62. The fraction of sp³-hybridized carbons (Fsp3) is 0.772. The molecule has 0 unspecified atom stereocenters. The van der Waals surface area contributed by atoms with Crippen molar-refractivity contribution in [2.75, 3.05) is 20.4 Å². The van der Waals surface area contributed by atoms with E-state index in [1.165, 1.54) is 23.8 Å². The molecule has 0 saturated carbocycles. The van der Waals surface area contributed by atoms with Crippen LogP contribution in [0, 0.1) is 23.7 Å². The van der Waals surface area contributed by atoms with Gasteiger partial charge in [-0.3, -0.25) is 24.0 Å². The molecule has 0 aliphatic carbocycles. The van der Waals surface area contributed by atoms with Crippen molar-refractivity contribution >= 4 is 50.0 Å². The monoisotopic (exact) mass is 1090 g/mol. The maximum atomic E-state index is 15.2. The third-order valence-corrected chi connectivity index (χ3v) is 21.7. The summed E-state index contributed by atoms with van der Waals surface area (Å²) in [5.74, 6) is -5.40. The molecule has 430 valence electrons. The van der Waals surface area contributed by atoms with Crippen molar-refractivity contribution in [2.24, 2.45) is 23.7 Å². The molecule has 18 nitrogen and oxygen atoms in total. The first-order valence-electron chi connectivity index (χ1n) is 27.9. The summed E-state index contributed by atoms with van der Waals surface area (Å²) < 4.78 is 37.5. The van der Waals surface area contributed by atoms with Crippen LogP contribution in [-0.4, -0.2) is 140 Å². The Hall–Kier alpha value is -4.59. The normalized spacial score (nSPS) is 27.7. The van der Waals surface area contributed by atoms with E-state index in [1.807, 2.05) is 65.8 Å². The van der Waals surface area contributed by atoms with Crippen LogP contribution in [0.3, 0.4) is 0 Å². The van der Waals surface area contributed by atoms with E-state index >= 15 is 9.59 Å². The number of methoxy groups -OCH3 is 1. The molecule has 3 aliphatic heterocycles. The van der Waals surface area contributed by atoms with Gasteiger partial charge in [0.05, 0.1) is 24.5 Å². The van der Waals surface area contributed by atoms with Crippen molar-refractivity contribution in [1.82, 2.24) is 25.8 Å². The summed E-state index contributed by atoms with van der Waals surface area (Å²) in [6, 6.07) is 1.88. The van der Waals surface area contributed by atoms with Gasteiger partial charge < -0.3 is 53.9 Å². The number of hydrogen-bond donors (Lipinski definition) is 3. The smallest absolute Gasteiger partial charge is 0.408 e. The number of esters is 2. The summed E-state index contributed by atoms with van der Waals surface area (Å²) in [4.78, 5) is 106. The number of hydrogen-bond acceptors (Lipinski definition) is 13. The first-order chi connectivity index (χ1) is 35.5. The summed E-state index contributed by atoms with van der Waals surface area (Å²) in [7, 11) is -1.41. The fourth-order valence-electron chi connectivity index (χ4n) is 11.6. The Bertz CT molecular complexity index is 2120. The zero-order valence-corrected chi connectivity index (χ0v) is 50.1. The highest BCUT2D eigenvalue weighted by atomic mass is 28.4. The molecule has 1 aromatic rings. The molecule has 3 heterocycles. The Labute approximate surface area is 455 Å². The van der Waals surface area contributed by atoms with Crippen LogP contribution in [0.2, 0.25) is 16.6 Å². The van der Waals surface area contributed by atoms with Gasteiger partial charge in [-0.05, 0) is 92.5 Å². The second-order valence-corrected chi connectivity index (χ2v) is 29.6. The van der Waals surface area contributed by atoms with Crippen LogP contribution in [0.25, 0.3) is 0 Å². The number of nitrogens with zero attached hydrogens (tertiary/aromatic N) is 2. The van der Waals surface area contributed by atoms with Gasteiger partial charge in [-0.15, -0.1) is 0 Å². The van der Waals surface area contributed by atoms with E-state index in [0.29, 0.717) is 19.3 Å². The Morgan fingerprint density at radius 1 is 0.816 bits per heavy atom. The van der Waals surface area contributed by atoms with E-state index in [4.69, 9.17) is 28.1 Å². The third kappa shape index (κ3) is 16.0. The number of carbonyl (C=O) groups excluding carboxylic acids is 7. The molecule has 4 rings (SSSR count).